The van der Waals surface area contributed by atoms with Gasteiger partial charge >= 0.3 is 0 Å². The minimum absolute atomic E-state index is 0.120. The summed E-state index contributed by atoms with van der Waals surface area (Å²) in [6.45, 7) is 3.15. The third-order valence-corrected chi connectivity index (χ3v) is 4.25. The highest BCUT2D eigenvalue weighted by Gasteiger charge is 2.44. The number of hydrogen-bond donors (Lipinski definition) is 0. The first-order valence-electron chi connectivity index (χ1n) is 6.74. The fourth-order valence-electron chi connectivity index (χ4n) is 2.49. The summed E-state index contributed by atoms with van der Waals surface area (Å²) < 4.78 is 14.1. The number of alkyl halides is 1. The van der Waals surface area contributed by atoms with Crippen LogP contribution in [0.3, 0.4) is 0 Å². The van der Waals surface area contributed by atoms with E-state index in [1.807, 2.05) is 42.0 Å². The third-order valence-electron chi connectivity index (χ3n) is 3.57. The number of nitrogens with zero attached hydrogens (tertiary/aromatic N) is 2. The second-order valence-corrected chi connectivity index (χ2v) is 7.09. The molecule has 0 amide bonds. The van der Waals surface area contributed by atoms with Crippen molar-refractivity contribution in [3.05, 3.63) is 53.6 Å². The molecule has 1 aromatic heterocycles. The average Bonchev–Trinajstić information content (AvgIpc) is 3.10. The van der Waals surface area contributed by atoms with E-state index in [-0.39, 0.29) is 11.1 Å². The van der Waals surface area contributed by atoms with Gasteiger partial charge in [0, 0.05) is 17.4 Å². The highest BCUT2D eigenvalue weighted by molar-refractivity contribution is 9.09. The van der Waals surface area contributed by atoms with Crippen LogP contribution in [0.25, 0.3) is 0 Å². The molecule has 3 rings (SSSR count). The lowest BCUT2D eigenvalue weighted by Crippen LogP contribution is -2.35. The molecule has 112 valence electrons. The molecule has 0 radical (unpaired) electrons. The maximum atomic E-state index is 6.25. The lowest BCUT2D eigenvalue weighted by molar-refractivity contribution is -0.0940. The molecule has 4 nitrogen and oxygen atoms in total. The van der Waals surface area contributed by atoms with Gasteiger partial charge in [0.2, 0.25) is 0 Å². The van der Waals surface area contributed by atoms with Crippen LogP contribution >= 0.6 is 27.5 Å². The summed E-state index contributed by atoms with van der Waals surface area (Å²) in [6.07, 6.45) is 5.19. The molecular weight excluding hydrogens is 356 g/mol. The van der Waals surface area contributed by atoms with Crippen LogP contribution in [-0.2, 0) is 21.6 Å². The number of ether oxygens (including phenoxy) is 2. The molecule has 0 aliphatic carbocycles. The molecule has 2 heterocycles. The van der Waals surface area contributed by atoms with Crippen molar-refractivity contribution < 1.29 is 9.47 Å². The Morgan fingerprint density at radius 1 is 1.48 bits per heavy atom. The van der Waals surface area contributed by atoms with Gasteiger partial charge in [-0.15, -0.1) is 0 Å². The fourth-order valence-corrected chi connectivity index (χ4v) is 2.87. The first-order valence-corrected chi connectivity index (χ1v) is 8.04. The molecule has 21 heavy (non-hydrogen) atoms. The smallest absolute Gasteiger partial charge is 0.171 e. The van der Waals surface area contributed by atoms with Crippen LogP contribution < -0.4 is 0 Å². The van der Waals surface area contributed by atoms with Gasteiger partial charge in [-0.1, -0.05) is 39.7 Å². The number of halogens is 2. The highest BCUT2D eigenvalue weighted by atomic mass is 79.9. The largest absolute Gasteiger partial charge is 0.348 e. The molecule has 6 heteroatoms. The van der Waals surface area contributed by atoms with Crippen molar-refractivity contribution in [1.82, 2.24) is 9.55 Å². The molecule has 0 bridgehead atoms. The monoisotopic (exact) mass is 370 g/mol. The zero-order chi connectivity index (χ0) is 14.9. The summed E-state index contributed by atoms with van der Waals surface area (Å²) >= 11 is 9.52. The second kappa shape index (κ2) is 6.08. The SMILES string of the molecule is CC(Br)C1OCC(Cn2ccnc2)(c2ccc(Cl)cc2)O1. The van der Waals surface area contributed by atoms with E-state index in [4.69, 9.17) is 21.1 Å². The maximum absolute atomic E-state index is 6.25. The molecule has 2 aromatic rings. The van der Waals surface area contributed by atoms with Crippen molar-refractivity contribution in [2.75, 3.05) is 6.61 Å². The Morgan fingerprint density at radius 3 is 2.81 bits per heavy atom. The van der Waals surface area contributed by atoms with E-state index in [0.717, 1.165) is 5.56 Å². The van der Waals surface area contributed by atoms with Gasteiger partial charge in [-0.3, -0.25) is 0 Å². The molecule has 0 saturated carbocycles. The molecule has 0 spiro atoms. The summed E-state index contributed by atoms with van der Waals surface area (Å²) in [5, 5.41) is 0.709. The Labute approximate surface area is 137 Å². The minimum atomic E-state index is -0.530. The molecule has 1 saturated heterocycles. The van der Waals surface area contributed by atoms with Crippen molar-refractivity contribution in [3.8, 4) is 0 Å². The quantitative estimate of drug-likeness (QED) is 0.771. The first kappa shape index (κ1) is 15.0. The zero-order valence-corrected chi connectivity index (χ0v) is 13.9. The van der Waals surface area contributed by atoms with Gasteiger partial charge in [0.1, 0.15) is 5.60 Å². The van der Waals surface area contributed by atoms with Gasteiger partial charge in [-0.25, -0.2) is 4.98 Å². The van der Waals surface area contributed by atoms with Crippen LogP contribution in [0.5, 0.6) is 0 Å². The Morgan fingerprint density at radius 2 is 2.24 bits per heavy atom. The van der Waals surface area contributed by atoms with E-state index in [2.05, 4.69) is 20.9 Å². The Bertz CT molecular complexity index is 588. The summed E-state index contributed by atoms with van der Waals surface area (Å²) in [7, 11) is 0. The van der Waals surface area contributed by atoms with Crippen molar-refractivity contribution >= 4 is 27.5 Å². The lowest BCUT2D eigenvalue weighted by atomic mass is 9.94. The van der Waals surface area contributed by atoms with Crippen molar-refractivity contribution in [1.29, 1.82) is 0 Å². The number of hydrogen-bond acceptors (Lipinski definition) is 3. The van der Waals surface area contributed by atoms with Crippen LogP contribution in [0.1, 0.15) is 12.5 Å². The van der Waals surface area contributed by atoms with Crippen molar-refractivity contribution in [2.45, 2.75) is 30.2 Å². The van der Waals surface area contributed by atoms with E-state index in [0.29, 0.717) is 18.2 Å². The molecule has 1 aliphatic rings. The van der Waals surface area contributed by atoms with Gasteiger partial charge in [-0.2, -0.15) is 0 Å². The standard InChI is InChI=1S/C15H16BrClN2O2/c1-11(16)14-20-9-15(21-14,8-19-7-6-18-10-19)12-2-4-13(17)5-3-12/h2-7,10-11,14H,8-9H2,1H3. The Balaban J connectivity index is 1.93. The fraction of sp³-hybridized carbons (Fsp3) is 0.400. The number of rotatable bonds is 4. The molecule has 1 aromatic carbocycles. The first-order chi connectivity index (χ1) is 10.1. The van der Waals surface area contributed by atoms with Crippen LogP contribution in [0.15, 0.2) is 43.0 Å². The van der Waals surface area contributed by atoms with Gasteiger partial charge in [0.25, 0.3) is 0 Å². The predicted octanol–water partition coefficient (Wildman–Crippen LogP) is 3.59. The zero-order valence-electron chi connectivity index (χ0n) is 11.6. The van der Waals surface area contributed by atoms with Crippen molar-refractivity contribution in [3.63, 3.8) is 0 Å². The normalized spacial score (nSPS) is 26.9. The van der Waals surface area contributed by atoms with E-state index in [9.17, 15) is 0 Å². The highest BCUT2D eigenvalue weighted by Crippen LogP contribution is 2.38. The Hall–Kier alpha value is -0.880. The van der Waals surface area contributed by atoms with Crippen molar-refractivity contribution in [2.24, 2.45) is 0 Å². The summed E-state index contributed by atoms with van der Waals surface area (Å²) in [6, 6.07) is 7.73. The molecule has 3 unspecified atom stereocenters. The van der Waals surface area contributed by atoms with E-state index in [1.165, 1.54) is 0 Å². The van der Waals surface area contributed by atoms with Gasteiger partial charge in [0.15, 0.2) is 6.29 Å². The summed E-state index contributed by atoms with van der Waals surface area (Å²) in [5.74, 6) is 0. The van der Waals surface area contributed by atoms with Crippen LogP contribution in [-0.4, -0.2) is 27.3 Å². The molecule has 3 atom stereocenters. The number of aromatic nitrogens is 2. The van der Waals surface area contributed by atoms with E-state index < -0.39 is 5.60 Å². The van der Waals surface area contributed by atoms with E-state index in [1.54, 1.807) is 12.5 Å². The summed E-state index contributed by atoms with van der Waals surface area (Å²) in [4.78, 5) is 4.21. The Kier molecular flexibility index (Phi) is 4.36. The van der Waals surface area contributed by atoms with Crippen LogP contribution in [0.2, 0.25) is 5.02 Å². The third kappa shape index (κ3) is 3.16. The van der Waals surface area contributed by atoms with Gasteiger partial charge in [-0.05, 0) is 24.6 Å². The minimum Gasteiger partial charge on any atom is -0.348 e. The predicted molar refractivity (Wildman–Crippen MR) is 84.6 cm³/mol. The topological polar surface area (TPSA) is 36.3 Å². The van der Waals surface area contributed by atoms with Crippen LogP contribution in [0.4, 0.5) is 0 Å². The van der Waals surface area contributed by atoms with Gasteiger partial charge < -0.3 is 14.0 Å². The lowest BCUT2D eigenvalue weighted by Gasteiger charge is -2.29. The number of imidazole rings is 1. The summed E-state index contributed by atoms with van der Waals surface area (Å²) in [5.41, 5.74) is 0.522. The maximum Gasteiger partial charge on any atom is 0.171 e. The van der Waals surface area contributed by atoms with Crippen LogP contribution in [0, 0.1) is 0 Å². The molecular formula is C15H16BrClN2O2. The molecule has 0 N–H and O–H groups in total. The van der Waals surface area contributed by atoms with Gasteiger partial charge in [0.05, 0.1) is 24.3 Å². The van der Waals surface area contributed by atoms with E-state index >= 15 is 0 Å². The number of benzene rings is 1. The second-order valence-electron chi connectivity index (χ2n) is 5.21. The average molecular weight is 372 g/mol. The molecule has 1 aliphatic heterocycles. The molecule has 1 fully saturated rings.